The highest BCUT2D eigenvalue weighted by molar-refractivity contribution is 14.0. The predicted molar refractivity (Wildman–Crippen MR) is 133 cm³/mol. The summed E-state index contributed by atoms with van der Waals surface area (Å²) in [6, 6.07) is 12.1. The van der Waals surface area contributed by atoms with Crippen LogP contribution in [0.3, 0.4) is 0 Å². The van der Waals surface area contributed by atoms with Crippen LogP contribution in [-0.2, 0) is 13.1 Å². The smallest absolute Gasteiger partial charge is 0.216 e. The van der Waals surface area contributed by atoms with Gasteiger partial charge in [0.2, 0.25) is 5.82 Å². The lowest BCUT2D eigenvalue weighted by atomic mass is 10.0. The molecule has 166 valence electrons. The molecule has 3 aromatic rings. The van der Waals surface area contributed by atoms with E-state index < -0.39 is 0 Å². The molecule has 8 nitrogen and oxygen atoms in total. The SMILES string of the molecule is CN=C(NCc1nc(-c2ccco2)n[nH]1)NC1CCN(Cc2ccc(Cl)cc2)CC1.I. The minimum absolute atomic E-state index is 0. The van der Waals surface area contributed by atoms with Gasteiger partial charge in [0.1, 0.15) is 5.82 Å². The Morgan fingerprint density at radius 2 is 2.03 bits per heavy atom. The maximum atomic E-state index is 5.97. The van der Waals surface area contributed by atoms with Crippen LogP contribution in [0.2, 0.25) is 5.02 Å². The van der Waals surface area contributed by atoms with E-state index in [0.717, 1.165) is 49.3 Å². The molecule has 1 fully saturated rings. The molecule has 31 heavy (non-hydrogen) atoms. The van der Waals surface area contributed by atoms with Crippen LogP contribution >= 0.6 is 35.6 Å². The van der Waals surface area contributed by atoms with Crippen molar-refractivity contribution in [1.29, 1.82) is 0 Å². The molecule has 1 saturated heterocycles. The van der Waals surface area contributed by atoms with Gasteiger partial charge in [0, 0.05) is 37.7 Å². The first-order valence-corrected chi connectivity index (χ1v) is 10.5. The summed E-state index contributed by atoms with van der Waals surface area (Å²) in [4.78, 5) is 11.3. The quantitative estimate of drug-likeness (QED) is 0.244. The fraction of sp³-hybridized carbons (Fsp3) is 0.381. The molecule has 0 aliphatic carbocycles. The lowest BCUT2D eigenvalue weighted by Crippen LogP contribution is -2.48. The molecule has 1 aliphatic rings. The second-order valence-electron chi connectivity index (χ2n) is 7.33. The molecule has 0 bridgehead atoms. The van der Waals surface area contributed by atoms with Gasteiger partial charge in [-0.3, -0.25) is 15.0 Å². The Labute approximate surface area is 203 Å². The van der Waals surface area contributed by atoms with Gasteiger partial charge in [0.25, 0.3) is 0 Å². The number of rotatable bonds is 6. The molecule has 2 aromatic heterocycles. The van der Waals surface area contributed by atoms with E-state index in [1.54, 1.807) is 13.3 Å². The standard InChI is InChI=1S/C21H26ClN7O.HI/c1-23-21(24-13-19-26-20(28-27-19)18-3-2-12-30-18)25-17-8-10-29(11-9-17)14-15-4-6-16(22)7-5-15;/h2-7,12,17H,8-11,13-14H2,1H3,(H2,23,24,25)(H,26,27,28);1H. The Hall–Kier alpha value is -2.11. The summed E-state index contributed by atoms with van der Waals surface area (Å²) in [6.45, 7) is 3.56. The van der Waals surface area contributed by atoms with E-state index in [9.17, 15) is 0 Å². The fourth-order valence-corrected chi connectivity index (χ4v) is 3.66. The second kappa shape index (κ2) is 11.5. The van der Waals surface area contributed by atoms with E-state index in [0.29, 0.717) is 24.2 Å². The van der Waals surface area contributed by atoms with Crippen LogP contribution in [0.5, 0.6) is 0 Å². The number of nitrogens with zero attached hydrogens (tertiary/aromatic N) is 4. The maximum Gasteiger partial charge on any atom is 0.216 e. The van der Waals surface area contributed by atoms with Crippen molar-refractivity contribution in [2.75, 3.05) is 20.1 Å². The van der Waals surface area contributed by atoms with E-state index in [4.69, 9.17) is 16.0 Å². The van der Waals surface area contributed by atoms with Gasteiger partial charge in [-0.15, -0.1) is 29.1 Å². The topological polar surface area (TPSA) is 94.4 Å². The summed E-state index contributed by atoms with van der Waals surface area (Å²) in [5.74, 6) is 2.68. The molecular weight excluding hydrogens is 529 g/mol. The van der Waals surface area contributed by atoms with Gasteiger partial charge < -0.3 is 15.1 Å². The van der Waals surface area contributed by atoms with Crippen molar-refractivity contribution < 1.29 is 4.42 Å². The Kier molecular flexibility index (Phi) is 8.73. The number of guanidine groups is 1. The van der Waals surface area contributed by atoms with Crippen molar-refractivity contribution in [1.82, 2.24) is 30.7 Å². The van der Waals surface area contributed by atoms with Gasteiger partial charge in [-0.05, 0) is 42.7 Å². The number of hydrogen-bond donors (Lipinski definition) is 3. The zero-order chi connectivity index (χ0) is 20.8. The predicted octanol–water partition coefficient (Wildman–Crippen LogP) is 3.67. The number of aromatic amines is 1. The summed E-state index contributed by atoms with van der Waals surface area (Å²) < 4.78 is 5.32. The van der Waals surface area contributed by atoms with Crippen molar-refractivity contribution in [3.63, 3.8) is 0 Å². The number of piperidine rings is 1. The van der Waals surface area contributed by atoms with Gasteiger partial charge >= 0.3 is 0 Å². The molecule has 0 amide bonds. The van der Waals surface area contributed by atoms with Gasteiger partial charge in [-0.1, -0.05) is 23.7 Å². The van der Waals surface area contributed by atoms with Crippen LogP contribution in [0.15, 0.2) is 52.1 Å². The molecule has 1 aliphatic heterocycles. The Morgan fingerprint density at radius 3 is 2.71 bits per heavy atom. The van der Waals surface area contributed by atoms with Crippen molar-refractivity contribution in [2.24, 2.45) is 4.99 Å². The Balaban J connectivity index is 0.00000272. The van der Waals surface area contributed by atoms with Crippen molar-refractivity contribution in [3.8, 4) is 11.6 Å². The average molecular weight is 556 g/mol. The molecular formula is C21H27ClIN7O. The van der Waals surface area contributed by atoms with E-state index in [1.807, 2.05) is 24.3 Å². The number of aromatic nitrogens is 3. The summed E-state index contributed by atoms with van der Waals surface area (Å²) in [7, 11) is 1.78. The maximum absolute atomic E-state index is 5.97. The van der Waals surface area contributed by atoms with Crippen molar-refractivity contribution >= 4 is 41.5 Å². The van der Waals surface area contributed by atoms with Gasteiger partial charge in [0.15, 0.2) is 11.7 Å². The average Bonchev–Trinajstić information content (AvgIpc) is 3.46. The molecule has 0 saturated carbocycles. The Bertz CT molecular complexity index is 951. The zero-order valence-corrected chi connectivity index (χ0v) is 20.4. The number of hydrogen-bond acceptors (Lipinski definition) is 5. The van der Waals surface area contributed by atoms with E-state index in [2.05, 4.69) is 47.8 Å². The van der Waals surface area contributed by atoms with Crippen molar-refractivity contribution in [2.45, 2.75) is 32.0 Å². The molecule has 0 atom stereocenters. The fourth-order valence-electron chi connectivity index (χ4n) is 3.53. The third-order valence-electron chi connectivity index (χ3n) is 5.17. The highest BCUT2D eigenvalue weighted by Gasteiger charge is 2.20. The van der Waals surface area contributed by atoms with Crippen LogP contribution in [0, 0.1) is 0 Å². The number of nitrogens with one attached hydrogen (secondary N) is 3. The number of aliphatic imine (C=N–C) groups is 1. The molecule has 0 unspecified atom stereocenters. The van der Waals surface area contributed by atoms with Crippen LogP contribution in [-0.4, -0.2) is 52.2 Å². The van der Waals surface area contributed by atoms with Crippen LogP contribution < -0.4 is 10.6 Å². The van der Waals surface area contributed by atoms with Gasteiger partial charge in [-0.2, -0.15) is 0 Å². The minimum Gasteiger partial charge on any atom is -0.461 e. The summed E-state index contributed by atoms with van der Waals surface area (Å²) in [5, 5.41) is 14.7. The number of halogens is 2. The summed E-state index contributed by atoms with van der Waals surface area (Å²) >= 11 is 5.97. The molecule has 3 heterocycles. The summed E-state index contributed by atoms with van der Waals surface area (Å²) in [6.07, 6.45) is 3.74. The molecule has 10 heteroatoms. The molecule has 0 radical (unpaired) electrons. The van der Waals surface area contributed by atoms with E-state index >= 15 is 0 Å². The third-order valence-corrected chi connectivity index (χ3v) is 5.42. The number of likely N-dealkylation sites (tertiary alicyclic amines) is 1. The van der Waals surface area contributed by atoms with Crippen LogP contribution in [0.1, 0.15) is 24.2 Å². The van der Waals surface area contributed by atoms with Crippen LogP contribution in [0.4, 0.5) is 0 Å². The summed E-state index contributed by atoms with van der Waals surface area (Å²) in [5.41, 5.74) is 1.30. The lowest BCUT2D eigenvalue weighted by Gasteiger charge is -2.33. The lowest BCUT2D eigenvalue weighted by molar-refractivity contribution is 0.198. The number of H-pyrrole nitrogens is 1. The molecule has 4 rings (SSSR count). The molecule has 3 N–H and O–H groups in total. The first-order chi connectivity index (χ1) is 14.7. The van der Waals surface area contributed by atoms with Crippen molar-refractivity contribution in [3.05, 3.63) is 59.1 Å². The highest BCUT2D eigenvalue weighted by atomic mass is 127. The number of furan rings is 1. The Morgan fingerprint density at radius 1 is 1.26 bits per heavy atom. The normalized spacial score (nSPS) is 15.5. The monoisotopic (exact) mass is 555 g/mol. The third kappa shape index (κ3) is 6.68. The molecule has 1 aromatic carbocycles. The van der Waals surface area contributed by atoms with E-state index in [1.165, 1.54) is 5.56 Å². The number of benzene rings is 1. The first-order valence-electron chi connectivity index (χ1n) is 10.1. The largest absolute Gasteiger partial charge is 0.461 e. The molecule has 0 spiro atoms. The van der Waals surface area contributed by atoms with Crippen LogP contribution in [0.25, 0.3) is 11.6 Å². The van der Waals surface area contributed by atoms with Gasteiger partial charge in [-0.25, -0.2) is 4.98 Å². The highest BCUT2D eigenvalue weighted by Crippen LogP contribution is 2.16. The second-order valence-corrected chi connectivity index (χ2v) is 7.77. The van der Waals surface area contributed by atoms with Gasteiger partial charge in [0.05, 0.1) is 12.8 Å². The first kappa shape index (κ1) is 23.6. The zero-order valence-electron chi connectivity index (χ0n) is 17.3. The minimum atomic E-state index is 0. The van der Waals surface area contributed by atoms with E-state index in [-0.39, 0.29) is 24.0 Å².